The zero-order valence-electron chi connectivity index (χ0n) is 10.9. The molecule has 0 saturated carbocycles. The number of ether oxygens (including phenoxy) is 1. The molecule has 0 fully saturated rings. The number of aliphatic hydroxyl groups excluding tert-OH is 1. The van der Waals surface area contributed by atoms with Crippen LogP contribution >= 0.6 is 0 Å². The Labute approximate surface area is 108 Å². The molecule has 0 aliphatic heterocycles. The van der Waals surface area contributed by atoms with Gasteiger partial charge in [-0.3, -0.25) is 10.1 Å². The summed E-state index contributed by atoms with van der Waals surface area (Å²) in [5.74, 6) is -0.288. The summed E-state index contributed by atoms with van der Waals surface area (Å²) < 4.78 is 4.72. The van der Waals surface area contributed by atoms with E-state index in [4.69, 9.17) is 4.74 Å². The van der Waals surface area contributed by atoms with Gasteiger partial charge < -0.3 is 9.84 Å². The summed E-state index contributed by atoms with van der Waals surface area (Å²) in [6, 6.07) is 9.37. The van der Waals surface area contributed by atoms with Gasteiger partial charge in [-0.05, 0) is 18.4 Å². The second-order valence-corrected chi connectivity index (χ2v) is 4.22. The molecule has 0 aromatic heterocycles. The fraction of sp³-hybridized carbons (Fsp3) is 0.500. The number of carbonyl (C=O) groups excluding carboxylic acids is 1. The SMILES string of the molecule is CCC(NC(CO)Cc1ccccc1)C(=O)OC. The van der Waals surface area contributed by atoms with Gasteiger partial charge in [-0.15, -0.1) is 0 Å². The quantitative estimate of drug-likeness (QED) is 0.713. The average molecular weight is 251 g/mol. The largest absolute Gasteiger partial charge is 0.468 e. The molecule has 4 nitrogen and oxygen atoms in total. The average Bonchev–Trinajstić information content (AvgIpc) is 2.43. The number of carbonyl (C=O) groups is 1. The van der Waals surface area contributed by atoms with Crippen LogP contribution in [0.2, 0.25) is 0 Å². The molecule has 0 amide bonds. The first-order valence-electron chi connectivity index (χ1n) is 6.19. The van der Waals surface area contributed by atoms with E-state index in [0.29, 0.717) is 12.8 Å². The van der Waals surface area contributed by atoms with Crippen molar-refractivity contribution < 1.29 is 14.6 Å². The molecule has 0 heterocycles. The van der Waals surface area contributed by atoms with Crippen molar-refractivity contribution in [3.63, 3.8) is 0 Å². The van der Waals surface area contributed by atoms with Crippen molar-refractivity contribution in [2.24, 2.45) is 0 Å². The molecular formula is C14H21NO3. The maximum atomic E-state index is 11.5. The number of hydrogen-bond donors (Lipinski definition) is 2. The Kier molecular flexibility index (Phi) is 6.39. The fourth-order valence-electron chi connectivity index (χ4n) is 1.85. The van der Waals surface area contributed by atoms with Crippen molar-refractivity contribution >= 4 is 5.97 Å². The van der Waals surface area contributed by atoms with E-state index in [1.807, 2.05) is 37.3 Å². The lowest BCUT2D eigenvalue weighted by molar-refractivity contribution is -0.143. The van der Waals surface area contributed by atoms with Crippen LogP contribution in [0.3, 0.4) is 0 Å². The Morgan fingerprint density at radius 3 is 2.56 bits per heavy atom. The second kappa shape index (κ2) is 7.84. The predicted molar refractivity (Wildman–Crippen MR) is 70.3 cm³/mol. The zero-order valence-corrected chi connectivity index (χ0v) is 10.9. The highest BCUT2D eigenvalue weighted by Crippen LogP contribution is 2.05. The number of nitrogens with one attached hydrogen (secondary N) is 1. The third-order valence-electron chi connectivity index (χ3n) is 2.88. The van der Waals surface area contributed by atoms with Crippen LogP contribution in [-0.4, -0.2) is 36.9 Å². The normalized spacial score (nSPS) is 13.9. The summed E-state index contributed by atoms with van der Waals surface area (Å²) >= 11 is 0. The van der Waals surface area contributed by atoms with Crippen molar-refractivity contribution in [1.29, 1.82) is 0 Å². The molecule has 2 atom stereocenters. The number of benzene rings is 1. The molecule has 2 unspecified atom stereocenters. The molecule has 0 bridgehead atoms. The lowest BCUT2D eigenvalue weighted by Gasteiger charge is -2.22. The Morgan fingerprint density at radius 1 is 1.39 bits per heavy atom. The summed E-state index contributed by atoms with van der Waals surface area (Å²) in [4.78, 5) is 11.5. The summed E-state index contributed by atoms with van der Waals surface area (Å²) in [7, 11) is 1.37. The van der Waals surface area contributed by atoms with Crippen LogP contribution in [0.15, 0.2) is 30.3 Å². The van der Waals surface area contributed by atoms with E-state index in [9.17, 15) is 9.90 Å². The van der Waals surface area contributed by atoms with Gasteiger partial charge >= 0.3 is 5.97 Å². The predicted octanol–water partition coefficient (Wildman–Crippen LogP) is 1.13. The summed E-state index contributed by atoms with van der Waals surface area (Å²) in [5, 5.41) is 12.5. The molecule has 4 heteroatoms. The highest BCUT2D eigenvalue weighted by Gasteiger charge is 2.20. The number of aliphatic hydroxyl groups is 1. The first-order chi connectivity index (χ1) is 8.71. The van der Waals surface area contributed by atoms with Crippen molar-refractivity contribution in [2.45, 2.75) is 31.8 Å². The number of rotatable bonds is 7. The Balaban J connectivity index is 2.58. The minimum atomic E-state index is -0.365. The highest BCUT2D eigenvalue weighted by atomic mass is 16.5. The van der Waals surface area contributed by atoms with Crippen LogP contribution in [0.25, 0.3) is 0 Å². The van der Waals surface area contributed by atoms with Gasteiger partial charge in [-0.25, -0.2) is 0 Å². The molecule has 0 aliphatic rings. The standard InChI is InChI=1S/C14H21NO3/c1-3-13(14(17)18-2)15-12(10-16)9-11-7-5-4-6-8-11/h4-8,12-13,15-16H,3,9-10H2,1-2H3. The number of esters is 1. The monoisotopic (exact) mass is 251 g/mol. The topological polar surface area (TPSA) is 58.6 Å². The molecule has 1 rings (SSSR count). The van der Waals surface area contributed by atoms with E-state index in [1.54, 1.807) is 0 Å². The molecule has 18 heavy (non-hydrogen) atoms. The summed E-state index contributed by atoms with van der Waals surface area (Å²) in [5.41, 5.74) is 1.13. The molecule has 0 spiro atoms. The van der Waals surface area contributed by atoms with Gasteiger partial charge in [-0.1, -0.05) is 37.3 Å². The van der Waals surface area contributed by atoms with E-state index in [2.05, 4.69) is 5.32 Å². The maximum absolute atomic E-state index is 11.5. The van der Waals surface area contributed by atoms with Crippen LogP contribution < -0.4 is 5.32 Å². The number of methoxy groups -OCH3 is 1. The summed E-state index contributed by atoms with van der Waals surface area (Å²) in [6.45, 7) is 1.90. The molecule has 100 valence electrons. The maximum Gasteiger partial charge on any atom is 0.322 e. The minimum absolute atomic E-state index is 0.0115. The van der Waals surface area contributed by atoms with Crippen molar-refractivity contribution in [3.8, 4) is 0 Å². The molecule has 0 radical (unpaired) electrons. The molecule has 1 aromatic rings. The van der Waals surface area contributed by atoms with Crippen molar-refractivity contribution in [3.05, 3.63) is 35.9 Å². The smallest absolute Gasteiger partial charge is 0.322 e. The van der Waals surface area contributed by atoms with E-state index < -0.39 is 0 Å². The van der Waals surface area contributed by atoms with Gasteiger partial charge in [0.1, 0.15) is 6.04 Å². The van der Waals surface area contributed by atoms with E-state index in [0.717, 1.165) is 5.56 Å². The van der Waals surface area contributed by atoms with Gasteiger partial charge in [0.25, 0.3) is 0 Å². The molecule has 2 N–H and O–H groups in total. The molecule has 0 saturated heterocycles. The Bertz CT molecular complexity index is 353. The third kappa shape index (κ3) is 4.47. The lowest BCUT2D eigenvalue weighted by atomic mass is 10.1. The van der Waals surface area contributed by atoms with Crippen LogP contribution in [-0.2, 0) is 16.0 Å². The molecule has 0 aliphatic carbocycles. The van der Waals surface area contributed by atoms with Crippen molar-refractivity contribution in [2.75, 3.05) is 13.7 Å². The highest BCUT2D eigenvalue weighted by molar-refractivity contribution is 5.75. The van der Waals surface area contributed by atoms with Crippen LogP contribution in [0.5, 0.6) is 0 Å². The lowest BCUT2D eigenvalue weighted by Crippen LogP contribution is -2.46. The second-order valence-electron chi connectivity index (χ2n) is 4.22. The van der Waals surface area contributed by atoms with Gasteiger partial charge in [-0.2, -0.15) is 0 Å². The minimum Gasteiger partial charge on any atom is -0.468 e. The van der Waals surface area contributed by atoms with Crippen LogP contribution in [0.1, 0.15) is 18.9 Å². The van der Waals surface area contributed by atoms with Gasteiger partial charge in [0.15, 0.2) is 0 Å². The van der Waals surface area contributed by atoms with Gasteiger partial charge in [0.2, 0.25) is 0 Å². The van der Waals surface area contributed by atoms with E-state index >= 15 is 0 Å². The zero-order chi connectivity index (χ0) is 13.4. The first-order valence-corrected chi connectivity index (χ1v) is 6.19. The van der Waals surface area contributed by atoms with E-state index in [-0.39, 0.29) is 24.7 Å². The fourth-order valence-corrected chi connectivity index (χ4v) is 1.85. The Hall–Kier alpha value is -1.39. The first kappa shape index (κ1) is 14.7. The molecule has 1 aromatic carbocycles. The van der Waals surface area contributed by atoms with Crippen LogP contribution in [0, 0.1) is 0 Å². The third-order valence-corrected chi connectivity index (χ3v) is 2.88. The van der Waals surface area contributed by atoms with Crippen molar-refractivity contribution in [1.82, 2.24) is 5.32 Å². The van der Waals surface area contributed by atoms with Gasteiger partial charge in [0, 0.05) is 6.04 Å². The number of hydrogen-bond acceptors (Lipinski definition) is 4. The van der Waals surface area contributed by atoms with E-state index in [1.165, 1.54) is 7.11 Å². The summed E-state index contributed by atoms with van der Waals surface area (Å²) in [6.07, 6.45) is 1.32. The Morgan fingerprint density at radius 2 is 2.06 bits per heavy atom. The van der Waals surface area contributed by atoms with Crippen LogP contribution in [0.4, 0.5) is 0 Å². The molecular weight excluding hydrogens is 230 g/mol. The van der Waals surface area contributed by atoms with Gasteiger partial charge in [0.05, 0.1) is 13.7 Å².